The number of hydrogen-bond acceptors (Lipinski definition) is 3. The van der Waals surface area contributed by atoms with Crippen LogP contribution in [0.4, 0.5) is 5.69 Å². The van der Waals surface area contributed by atoms with Gasteiger partial charge >= 0.3 is 0 Å². The fourth-order valence-electron chi connectivity index (χ4n) is 1.59. The van der Waals surface area contributed by atoms with Crippen LogP contribution in [0.25, 0.3) is 0 Å². The minimum absolute atomic E-state index is 0.230. The summed E-state index contributed by atoms with van der Waals surface area (Å²) in [6, 6.07) is 14.1. The zero-order valence-corrected chi connectivity index (χ0v) is 11.8. The Kier molecular flexibility index (Phi) is 3.93. The number of benzene rings is 1. The molecule has 1 aromatic carbocycles. The molecule has 19 heavy (non-hydrogen) atoms. The van der Waals surface area contributed by atoms with E-state index in [0.29, 0.717) is 0 Å². The molecule has 1 aromatic heterocycles. The van der Waals surface area contributed by atoms with E-state index in [1.807, 2.05) is 30.3 Å². The summed E-state index contributed by atoms with van der Waals surface area (Å²) in [5.41, 5.74) is 1.23. The number of pyridine rings is 1. The summed E-state index contributed by atoms with van der Waals surface area (Å²) in [5.74, 6) is -0.254. The van der Waals surface area contributed by atoms with Crippen LogP contribution in [0.1, 0.15) is 16.2 Å². The molecule has 0 radical (unpaired) electrons. The van der Waals surface area contributed by atoms with E-state index in [2.05, 4.69) is 20.9 Å². The van der Waals surface area contributed by atoms with E-state index < -0.39 is 0 Å². The second-order valence-corrected chi connectivity index (χ2v) is 4.78. The maximum atomic E-state index is 12.3. The van der Waals surface area contributed by atoms with Crippen molar-refractivity contribution in [2.45, 2.75) is 0 Å². The lowest BCUT2D eigenvalue weighted by atomic mass is 10.2. The number of carbonyl (C=O) groups excluding carboxylic acids is 1. The van der Waals surface area contributed by atoms with Crippen molar-refractivity contribution in [2.75, 3.05) is 11.9 Å². The number of amides is 1. The molecule has 4 nitrogen and oxygen atoms in total. The summed E-state index contributed by atoms with van der Waals surface area (Å²) in [6.07, 6.45) is 0. The Morgan fingerprint density at radius 2 is 2.05 bits per heavy atom. The molecule has 2 aromatic rings. The van der Waals surface area contributed by atoms with Crippen molar-refractivity contribution in [3.8, 4) is 6.07 Å². The van der Waals surface area contributed by atoms with Crippen LogP contribution in [0.2, 0.25) is 0 Å². The number of halogens is 1. The number of carbonyl (C=O) groups is 1. The van der Waals surface area contributed by atoms with Crippen molar-refractivity contribution >= 4 is 27.5 Å². The van der Waals surface area contributed by atoms with Crippen molar-refractivity contribution in [3.63, 3.8) is 0 Å². The highest BCUT2D eigenvalue weighted by atomic mass is 79.9. The summed E-state index contributed by atoms with van der Waals surface area (Å²) < 4.78 is 0.892. The molecular formula is C14H10BrN3O. The third-order valence-corrected chi connectivity index (χ3v) is 3.08. The maximum absolute atomic E-state index is 12.3. The van der Waals surface area contributed by atoms with E-state index in [4.69, 9.17) is 5.26 Å². The van der Waals surface area contributed by atoms with Gasteiger partial charge < -0.3 is 4.90 Å². The number of anilines is 1. The SMILES string of the molecule is CN(C(=O)c1cccc(C#N)n1)c1cccc(Br)c1. The first kappa shape index (κ1) is 13.2. The topological polar surface area (TPSA) is 57.0 Å². The average molecular weight is 316 g/mol. The lowest BCUT2D eigenvalue weighted by Crippen LogP contribution is -2.27. The lowest BCUT2D eigenvalue weighted by molar-refractivity contribution is 0.0988. The molecule has 5 heteroatoms. The van der Waals surface area contributed by atoms with E-state index >= 15 is 0 Å². The van der Waals surface area contributed by atoms with E-state index in [1.54, 1.807) is 25.2 Å². The van der Waals surface area contributed by atoms with Gasteiger partial charge in [-0.2, -0.15) is 5.26 Å². The average Bonchev–Trinajstić information content (AvgIpc) is 2.45. The summed E-state index contributed by atoms with van der Waals surface area (Å²) >= 11 is 3.36. The zero-order valence-electron chi connectivity index (χ0n) is 10.2. The smallest absolute Gasteiger partial charge is 0.276 e. The van der Waals surface area contributed by atoms with Crippen LogP contribution >= 0.6 is 15.9 Å². The van der Waals surface area contributed by atoms with Crippen molar-refractivity contribution in [2.24, 2.45) is 0 Å². The van der Waals surface area contributed by atoms with Gasteiger partial charge in [-0.25, -0.2) is 4.98 Å². The molecule has 0 N–H and O–H groups in total. The highest BCUT2D eigenvalue weighted by molar-refractivity contribution is 9.10. The van der Waals surface area contributed by atoms with E-state index in [9.17, 15) is 4.79 Å². The third kappa shape index (κ3) is 2.98. The minimum atomic E-state index is -0.254. The first-order valence-electron chi connectivity index (χ1n) is 5.52. The van der Waals surface area contributed by atoms with Gasteiger partial charge in [0.1, 0.15) is 17.5 Å². The van der Waals surface area contributed by atoms with Crippen molar-refractivity contribution < 1.29 is 4.79 Å². The van der Waals surface area contributed by atoms with Gasteiger partial charge in [0.25, 0.3) is 5.91 Å². The molecular weight excluding hydrogens is 306 g/mol. The summed E-state index contributed by atoms with van der Waals surface area (Å²) in [6.45, 7) is 0. The van der Waals surface area contributed by atoms with Crippen molar-refractivity contribution in [1.29, 1.82) is 5.26 Å². The van der Waals surface area contributed by atoms with Gasteiger partial charge in [-0.3, -0.25) is 4.79 Å². The van der Waals surface area contributed by atoms with Gasteiger partial charge in [-0.05, 0) is 30.3 Å². The van der Waals surface area contributed by atoms with Crippen molar-refractivity contribution in [1.82, 2.24) is 4.98 Å². The summed E-state index contributed by atoms with van der Waals surface area (Å²) in [4.78, 5) is 17.8. The molecule has 0 bridgehead atoms. The van der Waals surface area contributed by atoms with E-state index in [-0.39, 0.29) is 17.3 Å². The molecule has 0 spiro atoms. The molecule has 0 atom stereocenters. The molecule has 0 fully saturated rings. The Morgan fingerprint density at radius 3 is 2.74 bits per heavy atom. The summed E-state index contributed by atoms with van der Waals surface area (Å²) in [5, 5.41) is 8.79. The van der Waals surface area contributed by atoms with Crippen LogP contribution in [-0.4, -0.2) is 17.9 Å². The van der Waals surface area contributed by atoms with Gasteiger partial charge in [0.15, 0.2) is 0 Å². The first-order chi connectivity index (χ1) is 9.11. The third-order valence-electron chi connectivity index (χ3n) is 2.58. The van der Waals surface area contributed by atoms with Gasteiger partial charge in [-0.1, -0.05) is 28.1 Å². The number of rotatable bonds is 2. The molecule has 0 aliphatic carbocycles. The molecule has 1 heterocycles. The zero-order chi connectivity index (χ0) is 13.8. The number of nitriles is 1. The van der Waals surface area contributed by atoms with Crippen LogP contribution in [0.15, 0.2) is 46.9 Å². The predicted molar refractivity (Wildman–Crippen MR) is 75.8 cm³/mol. The van der Waals surface area contributed by atoms with Gasteiger partial charge in [0, 0.05) is 17.2 Å². The molecule has 0 unspecified atom stereocenters. The fourth-order valence-corrected chi connectivity index (χ4v) is 1.98. The Morgan fingerprint density at radius 1 is 1.32 bits per heavy atom. The second-order valence-electron chi connectivity index (χ2n) is 3.86. The van der Waals surface area contributed by atoms with E-state index in [0.717, 1.165) is 10.2 Å². The molecule has 0 saturated heterocycles. The molecule has 0 aliphatic heterocycles. The van der Waals surface area contributed by atoms with Crippen LogP contribution in [0, 0.1) is 11.3 Å². The largest absolute Gasteiger partial charge is 0.310 e. The lowest BCUT2D eigenvalue weighted by Gasteiger charge is -2.17. The second kappa shape index (κ2) is 5.63. The number of aromatic nitrogens is 1. The Balaban J connectivity index is 2.31. The highest BCUT2D eigenvalue weighted by Gasteiger charge is 2.15. The molecule has 94 valence electrons. The molecule has 0 saturated carbocycles. The van der Waals surface area contributed by atoms with Crippen LogP contribution < -0.4 is 4.90 Å². The van der Waals surface area contributed by atoms with Crippen LogP contribution in [0.5, 0.6) is 0 Å². The molecule has 2 rings (SSSR count). The van der Waals surface area contributed by atoms with E-state index in [1.165, 1.54) is 4.90 Å². The fraction of sp³-hybridized carbons (Fsp3) is 0.0714. The first-order valence-corrected chi connectivity index (χ1v) is 6.32. The Bertz CT molecular complexity index is 664. The monoisotopic (exact) mass is 315 g/mol. The Hall–Kier alpha value is -2.19. The highest BCUT2D eigenvalue weighted by Crippen LogP contribution is 2.20. The summed E-state index contributed by atoms with van der Waals surface area (Å²) in [7, 11) is 1.67. The van der Waals surface area contributed by atoms with Gasteiger partial charge in [0.05, 0.1) is 0 Å². The van der Waals surface area contributed by atoms with Gasteiger partial charge in [0.2, 0.25) is 0 Å². The predicted octanol–water partition coefficient (Wildman–Crippen LogP) is 2.99. The number of hydrogen-bond donors (Lipinski definition) is 0. The maximum Gasteiger partial charge on any atom is 0.276 e. The Labute approximate surface area is 119 Å². The molecule has 0 aliphatic rings. The van der Waals surface area contributed by atoms with Gasteiger partial charge in [-0.15, -0.1) is 0 Å². The quantitative estimate of drug-likeness (QED) is 0.856. The standard InChI is InChI=1S/C14H10BrN3O/c1-18(12-6-2-4-10(15)8-12)14(19)13-7-3-5-11(9-16)17-13/h2-8H,1H3. The van der Waals surface area contributed by atoms with Crippen molar-refractivity contribution in [3.05, 3.63) is 58.3 Å². The van der Waals surface area contributed by atoms with Crippen LogP contribution in [0.3, 0.4) is 0 Å². The van der Waals surface area contributed by atoms with Crippen LogP contribution in [-0.2, 0) is 0 Å². The minimum Gasteiger partial charge on any atom is -0.310 e. The number of nitrogens with zero attached hydrogens (tertiary/aromatic N) is 3. The molecule has 1 amide bonds. The normalized spacial score (nSPS) is 9.74.